The Morgan fingerprint density at radius 3 is 2.85 bits per heavy atom. The number of ether oxygens (including phenoxy) is 1. The number of hydrogen-bond acceptors (Lipinski definition) is 6. The van der Waals surface area contributed by atoms with Crippen molar-refractivity contribution in [1.82, 2.24) is 15.0 Å². The number of nitrogens with zero attached hydrogens (tertiary/aromatic N) is 4. The quantitative estimate of drug-likeness (QED) is 0.639. The highest BCUT2D eigenvalue weighted by Gasteiger charge is 2.21. The van der Waals surface area contributed by atoms with Crippen molar-refractivity contribution in [3.63, 3.8) is 0 Å². The van der Waals surface area contributed by atoms with E-state index in [1.807, 2.05) is 31.4 Å². The Balaban J connectivity index is 2.16. The van der Waals surface area contributed by atoms with E-state index in [-0.39, 0.29) is 0 Å². The number of hydrogen-bond donors (Lipinski definition) is 0. The van der Waals surface area contributed by atoms with Gasteiger partial charge in [0.05, 0.1) is 6.61 Å². The Morgan fingerprint density at radius 2 is 2.20 bits per heavy atom. The normalized spacial score (nSPS) is 18.6. The monoisotopic (exact) mass is 290 g/mol. The molecule has 106 valence electrons. The van der Waals surface area contributed by atoms with Crippen molar-refractivity contribution >= 4 is 28.5 Å². The lowest BCUT2D eigenvalue weighted by Crippen LogP contribution is -2.14. The Morgan fingerprint density at radius 1 is 1.35 bits per heavy atom. The Labute approximate surface area is 122 Å². The second-order valence-electron chi connectivity index (χ2n) is 5.12. The Kier molecular flexibility index (Phi) is 3.76. The maximum atomic E-state index is 5.47. The lowest BCUT2D eigenvalue weighted by molar-refractivity contribution is 0.193. The SMILES string of the molecule is CSc1ncc2cc(C3CCOC3)nc(N(C)C)c2n1. The van der Waals surface area contributed by atoms with Crippen molar-refractivity contribution in [3.05, 3.63) is 18.0 Å². The van der Waals surface area contributed by atoms with Gasteiger partial charge < -0.3 is 9.64 Å². The smallest absolute Gasteiger partial charge is 0.187 e. The van der Waals surface area contributed by atoms with E-state index < -0.39 is 0 Å². The van der Waals surface area contributed by atoms with Crippen LogP contribution in [0.5, 0.6) is 0 Å². The molecule has 1 atom stereocenters. The van der Waals surface area contributed by atoms with Crippen LogP contribution in [-0.2, 0) is 4.74 Å². The largest absolute Gasteiger partial charge is 0.381 e. The van der Waals surface area contributed by atoms with Crippen molar-refractivity contribution in [1.29, 1.82) is 0 Å². The number of rotatable bonds is 3. The van der Waals surface area contributed by atoms with Crippen molar-refractivity contribution in [2.75, 3.05) is 38.5 Å². The van der Waals surface area contributed by atoms with Crippen molar-refractivity contribution in [2.24, 2.45) is 0 Å². The highest BCUT2D eigenvalue weighted by molar-refractivity contribution is 7.98. The number of pyridine rings is 1. The maximum Gasteiger partial charge on any atom is 0.187 e. The summed E-state index contributed by atoms with van der Waals surface area (Å²) < 4.78 is 5.47. The second kappa shape index (κ2) is 5.54. The van der Waals surface area contributed by atoms with E-state index in [9.17, 15) is 0 Å². The maximum absolute atomic E-state index is 5.47. The summed E-state index contributed by atoms with van der Waals surface area (Å²) in [5.74, 6) is 1.29. The first-order valence-electron chi connectivity index (χ1n) is 6.66. The van der Waals surface area contributed by atoms with E-state index in [4.69, 9.17) is 9.72 Å². The molecule has 1 aliphatic rings. The van der Waals surface area contributed by atoms with Gasteiger partial charge in [-0.15, -0.1) is 0 Å². The molecule has 0 radical (unpaired) electrons. The van der Waals surface area contributed by atoms with Crippen molar-refractivity contribution < 1.29 is 4.74 Å². The van der Waals surface area contributed by atoms with Gasteiger partial charge in [0.2, 0.25) is 0 Å². The van der Waals surface area contributed by atoms with Gasteiger partial charge in [0.1, 0.15) is 5.52 Å². The molecule has 1 unspecified atom stereocenters. The first-order valence-corrected chi connectivity index (χ1v) is 7.88. The van der Waals surface area contributed by atoms with Gasteiger partial charge in [0, 0.05) is 43.9 Å². The fraction of sp³-hybridized carbons (Fsp3) is 0.500. The summed E-state index contributed by atoms with van der Waals surface area (Å²) in [6.07, 6.45) is 4.91. The summed E-state index contributed by atoms with van der Waals surface area (Å²) >= 11 is 1.55. The third kappa shape index (κ3) is 2.45. The minimum Gasteiger partial charge on any atom is -0.381 e. The van der Waals surface area contributed by atoms with E-state index in [2.05, 4.69) is 16.0 Å². The molecule has 1 fully saturated rings. The summed E-state index contributed by atoms with van der Waals surface area (Å²) in [7, 11) is 4.00. The third-order valence-electron chi connectivity index (χ3n) is 3.50. The molecule has 5 nitrogen and oxygen atoms in total. The van der Waals surface area contributed by atoms with Gasteiger partial charge in [0.15, 0.2) is 11.0 Å². The average Bonchev–Trinajstić information content (AvgIpc) is 2.99. The molecule has 3 heterocycles. The predicted octanol–water partition coefficient (Wildman–Crippen LogP) is 2.32. The highest BCUT2D eigenvalue weighted by Crippen LogP contribution is 2.30. The zero-order valence-electron chi connectivity index (χ0n) is 12.0. The lowest BCUT2D eigenvalue weighted by Gasteiger charge is -2.17. The minimum absolute atomic E-state index is 0.387. The molecule has 2 aromatic rings. The van der Waals surface area contributed by atoms with E-state index in [1.165, 1.54) is 0 Å². The molecule has 0 aliphatic carbocycles. The first-order chi connectivity index (χ1) is 9.69. The Bertz CT molecular complexity index is 626. The fourth-order valence-electron chi connectivity index (χ4n) is 2.41. The van der Waals surface area contributed by atoms with Crippen molar-refractivity contribution in [2.45, 2.75) is 17.5 Å². The van der Waals surface area contributed by atoms with Crippen LogP contribution in [0.25, 0.3) is 10.9 Å². The zero-order chi connectivity index (χ0) is 14.1. The first kappa shape index (κ1) is 13.6. The van der Waals surface area contributed by atoms with E-state index in [1.54, 1.807) is 11.8 Å². The van der Waals surface area contributed by atoms with Crippen LogP contribution in [0, 0.1) is 0 Å². The average molecular weight is 290 g/mol. The van der Waals surface area contributed by atoms with Gasteiger partial charge in [-0.05, 0) is 18.7 Å². The summed E-state index contributed by atoms with van der Waals surface area (Å²) in [6.45, 7) is 1.58. The van der Waals surface area contributed by atoms with E-state index >= 15 is 0 Å². The molecule has 3 rings (SSSR count). The molecule has 0 saturated carbocycles. The van der Waals surface area contributed by atoms with Crippen LogP contribution in [0.3, 0.4) is 0 Å². The van der Waals surface area contributed by atoms with Gasteiger partial charge >= 0.3 is 0 Å². The second-order valence-corrected chi connectivity index (χ2v) is 5.89. The molecule has 6 heteroatoms. The minimum atomic E-state index is 0.387. The van der Waals surface area contributed by atoms with Gasteiger partial charge in [-0.2, -0.15) is 0 Å². The lowest BCUT2D eigenvalue weighted by atomic mass is 10.0. The molecule has 1 aliphatic heterocycles. The molecule has 0 spiro atoms. The summed E-state index contributed by atoms with van der Waals surface area (Å²) in [4.78, 5) is 15.8. The van der Waals surface area contributed by atoms with Crippen LogP contribution in [0.15, 0.2) is 17.4 Å². The summed E-state index contributed by atoms with van der Waals surface area (Å²) in [5.41, 5.74) is 2.00. The third-order valence-corrected chi connectivity index (χ3v) is 4.06. The molecule has 2 aromatic heterocycles. The molecule has 0 N–H and O–H groups in total. The molecule has 0 aromatic carbocycles. The van der Waals surface area contributed by atoms with Gasteiger partial charge in [-0.3, -0.25) is 0 Å². The molecular weight excluding hydrogens is 272 g/mol. The van der Waals surface area contributed by atoms with E-state index in [0.717, 1.165) is 47.2 Å². The standard InChI is InChI=1S/C14H18N4OS/c1-18(2)13-12-10(7-15-14(17-12)20-3)6-11(16-13)9-4-5-19-8-9/h6-7,9H,4-5,8H2,1-3H3. The van der Waals surface area contributed by atoms with Crippen molar-refractivity contribution in [3.8, 4) is 0 Å². The molecule has 20 heavy (non-hydrogen) atoms. The topological polar surface area (TPSA) is 51.1 Å². The fourth-order valence-corrected chi connectivity index (χ4v) is 2.75. The van der Waals surface area contributed by atoms with Crippen LogP contribution in [0.2, 0.25) is 0 Å². The van der Waals surface area contributed by atoms with Crippen LogP contribution >= 0.6 is 11.8 Å². The number of aromatic nitrogens is 3. The van der Waals surface area contributed by atoms with Crippen LogP contribution in [0.1, 0.15) is 18.0 Å². The predicted molar refractivity (Wildman–Crippen MR) is 81.6 cm³/mol. The molecular formula is C14H18N4OS. The summed E-state index contributed by atoms with van der Waals surface area (Å²) in [6, 6.07) is 2.10. The molecule has 0 amide bonds. The van der Waals surface area contributed by atoms with Crippen LogP contribution < -0.4 is 4.90 Å². The zero-order valence-corrected chi connectivity index (χ0v) is 12.8. The summed E-state index contributed by atoms with van der Waals surface area (Å²) in [5, 5.41) is 1.82. The number of fused-ring (bicyclic) bond motifs is 1. The molecule has 1 saturated heterocycles. The van der Waals surface area contributed by atoms with Crippen LogP contribution in [0.4, 0.5) is 5.82 Å². The Hall–Kier alpha value is -1.40. The van der Waals surface area contributed by atoms with E-state index in [0.29, 0.717) is 5.92 Å². The number of thioether (sulfide) groups is 1. The van der Waals surface area contributed by atoms with Gasteiger partial charge in [0.25, 0.3) is 0 Å². The highest BCUT2D eigenvalue weighted by atomic mass is 32.2. The molecule has 0 bridgehead atoms. The number of anilines is 1. The van der Waals surface area contributed by atoms with Gasteiger partial charge in [-0.25, -0.2) is 15.0 Å². The van der Waals surface area contributed by atoms with Crippen LogP contribution in [-0.4, -0.2) is 48.5 Å². The van der Waals surface area contributed by atoms with Gasteiger partial charge in [-0.1, -0.05) is 11.8 Å².